The molecule has 1 aliphatic heterocycles. The Bertz CT molecular complexity index is 390. The third-order valence-electron chi connectivity index (χ3n) is 2.95. The van der Waals surface area contributed by atoms with Gasteiger partial charge in [0, 0.05) is 10.0 Å². The average Bonchev–Trinajstić information content (AvgIpc) is 2.61. The highest BCUT2D eigenvalue weighted by atomic mass is 79.9. The van der Waals surface area contributed by atoms with Crippen molar-refractivity contribution in [3.8, 4) is 5.75 Å². The lowest BCUT2D eigenvalue weighted by Gasteiger charge is -2.13. The van der Waals surface area contributed by atoms with E-state index >= 15 is 0 Å². The summed E-state index contributed by atoms with van der Waals surface area (Å²) in [4.78, 5) is 0. The summed E-state index contributed by atoms with van der Waals surface area (Å²) < 4.78 is 6.97. The minimum atomic E-state index is 0.343. The highest BCUT2D eigenvalue weighted by Crippen LogP contribution is 2.40. The highest BCUT2D eigenvalue weighted by molar-refractivity contribution is 9.10. The van der Waals surface area contributed by atoms with Crippen LogP contribution in [0, 0.1) is 0 Å². The predicted octanol–water partition coefficient (Wildman–Crippen LogP) is 3.62. The Hall–Kier alpha value is -0.540. The fourth-order valence-corrected chi connectivity index (χ4v) is 2.66. The second-order valence-electron chi connectivity index (χ2n) is 4.49. The Morgan fingerprint density at radius 1 is 1.50 bits per heavy atom. The number of hydrogen-bond donors (Lipinski definition) is 1. The molecule has 0 amide bonds. The molecule has 16 heavy (non-hydrogen) atoms. The molecule has 2 nitrogen and oxygen atoms in total. The average molecular weight is 284 g/mol. The van der Waals surface area contributed by atoms with Crippen LogP contribution in [0.3, 0.4) is 0 Å². The Kier molecular flexibility index (Phi) is 3.55. The maximum absolute atomic E-state index is 5.83. The molecule has 0 radical (unpaired) electrons. The van der Waals surface area contributed by atoms with Crippen molar-refractivity contribution in [1.82, 2.24) is 5.32 Å². The van der Waals surface area contributed by atoms with E-state index in [-0.39, 0.29) is 0 Å². The molecule has 1 unspecified atom stereocenters. The van der Waals surface area contributed by atoms with Crippen LogP contribution in [-0.2, 0) is 0 Å². The molecule has 0 aliphatic carbocycles. The zero-order valence-corrected chi connectivity index (χ0v) is 11.6. The van der Waals surface area contributed by atoms with E-state index < -0.39 is 0 Å². The Labute approximate surface area is 106 Å². The molecule has 1 heterocycles. The first-order chi connectivity index (χ1) is 7.63. The minimum Gasteiger partial charge on any atom is -0.491 e. The molecule has 1 aliphatic rings. The number of ether oxygens (including phenoxy) is 1. The smallest absolute Gasteiger partial charge is 0.127 e. The van der Waals surface area contributed by atoms with E-state index in [0.717, 1.165) is 23.4 Å². The Morgan fingerprint density at radius 3 is 2.88 bits per heavy atom. The molecular formula is C13H18BrNO. The van der Waals surface area contributed by atoms with Crippen LogP contribution in [-0.4, -0.2) is 13.2 Å². The summed E-state index contributed by atoms with van der Waals surface area (Å²) in [6.45, 7) is 8.24. The van der Waals surface area contributed by atoms with Crippen molar-refractivity contribution < 1.29 is 4.74 Å². The molecule has 0 fully saturated rings. The van der Waals surface area contributed by atoms with Crippen LogP contribution in [0.15, 0.2) is 16.6 Å². The van der Waals surface area contributed by atoms with E-state index in [1.807, 2.05) is 0 Å². The number of halogens is 1. The molecule has 88 valence electrons. The van der Waals surface area contributed by atoms with E-state index in [2.05, 4.69) is 54.2 Å². The monoisotopic (exact) mass is 283 g/mol. The molecule has 0 spiro atoms. The fraction of sp³-hybridized carbons (Fsp3) is 0.538. The second kappa shape index (κ2) is 4.76. The van der Waals surface area contributed by atoms with Gasteiger partial charge in [-0.25, -0.2) is 0 Å². The second-order valence-corrected chi connectivity index (χ2v) is 5.41. The molecule has 1 aromatic carbocycles. The lowest BCUT2D eigenvalue weighted by Crippen LogP contribution is -2.21. The molecule has 1 aromatic rings. The van der Waals surface area contributed by atoms with Gasteiger partial charge < -0.3 is 10.1 Å². The van der Waals surface area contributed by atoms with Gasteiger partial charge in [0.05, 0.1) is 6.04 Å². The predicted molar refractivity (Wildman–Crippen MR) is 70.1 cm³/mol. The van der Waals surface area contributed by atoms with Crippen LogP contribution < -0.4 is 10.1 Å². The molecular weight excluding hydrogens is 266 g/mol. The molecule has 0 saturated heterocycles. The summed E-state index contributed by atoms with van der Waals surface area (Å²) in [5, 5.41) is 3.45. The van der Waals surface area contributed by atoms with Crippen molar-refractivity contribution in [3.63, 3.8) is 0 Å². The first kappa shape index (κ1) is 11.9. The van der Waals surface area contributed by atoms with Crippen LogP contribution in [0.25, 0.3) is 0 Å². The van der Waals surface area contributed by atoms with Gasteiger partial charge in [-0.1, -0.05) is 36.7 Å². The Balaban J connectivity index is 2.43. The van der Waals surface area contributed by atoms with Gasteiger partial charge in [0.2, 0.25) is 0 Å². The van der Waals surface area contributed by atoms with Gasteiger partial charge >= 0.3 is 0 Å². The van der Waals surface area contributed by atoms with Crippen molar-refractivity contribution >= 4 is 15.9 Å². The third kappa shape index (κ3) is 2.11. The molecule has 0 bridgehead atoms. The van der Waals surface area contributed by atoms with E-state index in [1.165, 1.54) is 11.1 Å². The van der Waals surface area contributed by atoms with E-state index in [0.29, 0.717) is 12.0 Å². The Morgan fingerprint density at radius 2 is 2.25 bits per heavy atom. The van der Waals surface area contributed by atoms with Crippen LogP contribution >= 0.6 is 15.9 Å². The summed E-state index contributed by atoms with van der Waals surface area (Å²) in [7, 11) is 0. The number of fused-ring (bicyclic) bond motifs is 1. The van der Waals surface area contributed by atoms with Crippen molar-refractivity contribution in [1.29, 1.82) is 0 Å². The molecule has 3 heteroatoms. The van der Waals surface area contributed by atoms with Gasteiger partial charge in [-0.2, -0.15) is 0 Å². The van der Waals surface area contributed by atoms with Crippen molar-refractivity contribution in [3.05, 3.63) is 27.7 Å². The largest absolute Gasteiger partial charge is 0.491 e. The van der Waals surface area contributed by atoms with Crippen LogP contribution in [0.1, 0.15) is 43.9 Å². The van der Waals surface area contributed by atoms with Crippen LogP contribution in [0.4, 0.5) is 0 Å². The van der Waals surface area contributed by atoms with Crippen LogP contribution in [0.5, 0.6) is 5.75 Å². The SMILES string of the molecule is CCNC1COc2c(C(C)C)cc(Br)cc21. The van der Waals surface area contributed by atoms with Gasteiger partial charge in [0.1, 0.15) is 12.4 Å². The molecule has 1 atom stereocenters. The summed E-state index contributed by atoms with van der Waals surface area (Å²) in [6.07, 6.45) is 0. The zero-order chi connectivity index (χ0) is 11.7. The molecule has 0 aromatic heterocycles. The lowest BCUT2D eigenvalue weighted by molar-refractivity contribution is 0.310. The first-order valence-corrected chi connectivity index (χ1v) is 6.62. The molecule has 0 saturated carbocycles. The minimum absolute atomic E-state index is 0.343. The van der Waals surface area contributed by atoms with Crippen molar-refractivity contribution in [2.45, 2.75) is 32.7 Å². The van der Waals surface area contributed by atoms with Gasteiger partial charge in [-0.3, -0.25) is 0 Å². The number of likely N-dealkylation sites (N-methyl/N-ethyl adjacent to an activating group) is 1. The maximum atomic E-state index is 5.83. The summed E-state index contributed by atoms with van der Waals surface area (Å²) in [5.74, 6) is 1.58. The van der Waals surface area contributed by atoms with Gasteiger partial charge in [0.15, 0.2) is 0 Å². The third-order valence-corrected chi connectivity index (χ3v) is 3.41. The van der Waals surface area contributed by atoms with E-state index in [9.17, 15) is 0 Å². The fourth-order valence-electron chi connectivity index (χ4n) is 2.16. The number of nitrogens with one attached hydrogen (secondary N) is 1. The van der Waals surface area contributed by atoms with Crippen molar-refractivity contribution in [2.24, 2.45) is 0 Å². The first-order valence-electron chi connectivity index (χ1n) is 5.83. The number of rotatable bonds is 3. The van der Waals surface area contributed by atoms with Gasteiger partial charge in [-0.15, -0.1) is 0 Å². The summed E-state index contributed by atoms with van der Waals surface area (Å²) in [5.41, 5.74) is 2.59. The van der Waals surface area contributed by atoms with Crippen molar-refractivity contribution in [2.75, 3.05) is 13.2 Å². The standard InChI is InChI=1S/C13H18BrNO/c1-4-15-12-7-16-13-10(8(2)3)5-9(14)6-11(12)13/h5-6,8,12,15H,4,7H2,1-3H3. The van der Waals surface area contributed by atoms with Gasteiger partial charge in [-0.05, 0) is 30.2 Å². The van der Waals surface area contributed by atoms with Crippen LogP contribution in [0.2, 0.25) is 0 Å². The normalized spacial score (nSPS) is 18.7. The highest BCUT2D eigenvalue weighted by Gasteiger charge is 2.27. The number of hydrogen-bond acceptors (Lipinski definition) is 2. The van der Waals surface area contributed by atoms with E-state index in [4.69, 9.17) is 4.74 Å². The maximum Gasteiger partial charge on any atom is 0.127 e. The lowest BCUT2D eigenvalue weighted by atomic mass is 9.97. The van der Waals surface area contributed by atoms with E-state index in [1.54, 1.807) is 0 Å². The summed E-state index contributed by atoms with van der Waals surface area (Å²) >= 11 is 3.58. The van der Waals surface area contributed by atoms with Gasteiger partial charge in [0.25, 0.3) is 0 Å². The molecule has 2 rings (SSSR count). The topological polar surface area (TPSA) is 21.3 Å². The number of benzene rings is 1. The zero-order valence-electron chi connectivity index (χ0n) is 10.0. The quantitative estimate of drug-likeness (QED) is 0.915. The summed E-state index contributed by atoms with van der Waals surface area (Å²) in [6, 6.07) is 4.68. The molecule has 1 N–H and O–H groups in total.